The fourth-order valence-corrected chi connectivity index (χ4v) is 4.24. The van der Waals surface area contributed by atoms with Crippen LogP contribution >= 0.6 is 11.8 Å². The Balaban J connectivity index is 1.72. The second-order valence-corrected chi connectivity index (χ2v) is 9.35. The van der Waals surface area contributed by atoms with Crippen molar-refractivity contribution < 1.29 is 33.3 Å². The number of thioether (sulfide) groups is 1. The van der Waals surface area contributed by atoms with E-state index in [4.69, 9.17) is 14.7 Å². The molecule has 2 N–H and O–H groups in total. The number of carboxylic acid groups (broad SMARTS) is 1. The number of halogens is 2. The first-order chi connectivity index (χ1) is 17.7. The van der Waals surface area contributed by atoms with E-state index >= 15 is 4.39 Å². The van der Waals surface area contributed by atoms with Gasteiger partial charge in [-0.2, -0.15) is 9.65 Å². The molecule has 190 valence electrons. The molecule has 0 radical (unpaired) electrons. The zero-order chi connectivity index (χ0) is 26.7. The highest BCUT2D eigenvalue weighted by Crippen LogP contribution is 2.39. The molecule has 1 atom stereocenters. The van der Waals surface area contributed by atoms with Crippen LogP contribution in [0.15, 0.2) is 52.5 Å². The van der Waals surface area contributed by atoms with Crippen LogP contribution in [-0.2, 0) is 4.79 Å². The highest BCUT2D eigenvalue weighted by atomic mass is 32.2. The number of pyridine rings is 1. The molecule has 0 amide bonds. The number of aliphatic imine (C=N–C) groups is 1. The van der Waals surface area contributed by atoms with Crippen molar-refractivity contribution in [2.24, 2.45) is 4.99 Å². The van der Waals surface area contributed by atoms with Crippen molar-refractivity contribution >= 4 is 23.6 Å². The number of carboxylic acids is 1. The van der Waals surface area contributed by atoms with Gasteiger partial charge in [-0.05, 0) is 37.3 Å². The summed E-state index contributed by atoms with van der Waals surface area (Å²) in [7, 11) is 1.80. The fraction of sp³-hybridized carbons (Fsp3) is 0.200. The Kier molecular flexibility index (Phi) is 7.45. The Hall–Kier alpha value is -4.37. The number of ether oxygens (including phenoxy) is 2. The number of nitrogens with zero attached hydrogens (tertiary/aromatic N) is 4. The van der Waals surface area contributed by atoms with Gasteiger partial charge >= 0.3 is 5.97 Å². The van der Waals surface area contributed by atoms with Gasteiger partial charge in [-0.1, -0.05) is 0 Å². The molecular weight excluding hydrogens is 506 g/mol. The van der Waals surface area contributed by atoms with E-state index in [1.165, 1.54) is 24.3 Å². The number of phenolic OH excluding ortho intramolecular Hbond substituents is 1. The van der Waals surface area contributed by atoms with Gasteiger partial charge in [-0.3, -0.25) is 9.79 Å². The molecule has 1 aliphatic heterocycles. The van der Waals surface area contributed by atoms with Crippen molar-refractivity contribution in [3.63, 3.8) is 0 Å². The van der Waals surface area contributed by atoms with Crippen LogP contribution in [0, 0.1) is 23.0 Å². The highest BCUT2D eigenvalue weighted by molar-refractivity contribution is 8.00. The summed E-state index contributed by atoms with van der Waals surface area (Å²) in [5.41, 5.74) is 0.563. The molecule has 0 aliphatic carbocycles. The Morgan fingerprint density at radius 2 is 2.00 bits per heavy atom. The van der Waals surface area contributed by atoms with Gasteiger partial charge < -0.3 is 24.6 Å². The van der Waals surface area contributed by atoms with Crippen LogP contribution in [0.4, 0.5) is 8.78 Å². The normalized spacial score (nSPS) is 13.6. The maximum absolute atomic E-state index is 15.3. The third-order valence-corrected chi connectivity index (χ3v) is 6.40. The molecule has 37 heavy (non-hydrogen) atoms. The lowest BCUT2D eigenvalue weighted by atomic mass is 10.1. The number of benzene rings is 2. The van der Waals surface area contributed by atoms with Crippen molar-refractivity contribution in [2.75, 3.05) is 20.1 Å². The lowest BCUT2D eigenvalue weighted by molar-refractivity contribution is -0.136. The summed E-state index contributed by atoms with van der Waals surface area (Å²) in [6.45, 7) is 2.68. The molecule has 4 rings (SSSR count). The molecule has 0 saturated carbocycles. The average molecular weight is 527 g/mol. The lowest BCUT2D eigenvalue weighted by Crippen LogP contribution is -2.24. The second-order valence-electron chi connectivity index (χ2n) is 7.94. The predicted molar refractivity (Wildman–Crippen MR) is 131 cm³/mol. The van der Waals surface area contributed by atoms with E-state index in [1.807, 2.05) is 11.0 Å². The minimum Gasteiger partial charge on any atom is -0.504 e. The fourth-order valence-electron chi connectivity index (χ4n) is 3.40. The van der Waals surface area contributed by atoms with E-state index in [9.17, 15) is 19.4 Å². The number of likely N-dealkylation sites (N-methyl/N-ethyl adjacent to an activating group) is 1. The number of phenols is 1. The van der Waals surface area contributed by atoms with E-state index < -0.39 is 34.5 Å². The molecule has 9 nitrogen and oxygen atoms in total. The monoisotopic (exact) mass is 526 g/mol. The molecule has 1 aromatic heterocycles. The molecular formula is C25H20F2N4O5S. The summed E-state index contributed by atoms with van der Waals surface area (Å²) in [6.07, 6.45) is 0.705. The number of aromatic hydroxyl groups is 1. The largest absolute Gasteiger partial charge is 0.504 e. The highest BCUT2D eigenvalue weighted by Gasteiger charge is 2.25. The van der Waals surface area contributed by atoms with Crippen molar-refractivity contribution in [1.82, 2.24) is 9.88 Å². The van der Waals surface area contributed by atoms with Gasteiger partial charge in [0.25, 0.3) is 5.88 Å². The van der Waals surface area contributed by atoms with E-state index in [1.54, 1.807) is 26.1 Å². The number of aromatic nitrogens is 1. The van der Waals surface area contributed by atoms with Crippen molar-refractivity contribution in [3.8, 4) is 34.9 Å². The number of carbonyl (C=O) groups is 1. The molecule has 1 aliphatic rings. The molecule has 12 heteroatoms. The lowest BCUT2D eigenvalue weighted by Gasteiger charge is -2.19. The summed E-state index contributed by atoms with van der Waals surface area (Å²) in [5, 5.41) is 27.6. The quantitative estimate of drug-likeness (QED) is 0.399. The van der Waals surface area contributed by atoms with E-state index in [2.05, 4.69) is 9.98 Å². The van der Waals surface area contributed by atoms with Gasteiger partial charge in [0, 0.05) is 24.6 Å². The third-order valence-electron chi connectivity index (χ3n) is 5.32. The van der Waals surface area contributed by atoms with Crippen molar-refractivity contribution in [3.05, 3.63) is 65.4 Å². The molecule has 0 spiro atoms. The predicted octanol–water partition coefficient (Wildman–Crippen LogP) is 4.78. The van der Waals surface area contributed by atoms with E-state index in [0.717, 1.165) is 11.8 Å². The van der Waals surface area contributed by atoms with Gasteiger partial charge in [0.2, 0.25) is 11.6 Å². The maximum Gasteiger partial charge on any atom is 0.316 e. The number of rotatable bonds is 8. The summed E-state index contributed by atoms with van der Waals surface area (Å²) >= 11 is 1.10. The van der Waals surface area contributed by atoms with Gasteiger partial charge in [-0.15, -0.1) is 11.8 Å². The van der Waals surface area contributed by atoms with Gasteiger partial charge in [0.1, 0.15) is 16.8 Å². The first-order valence-electron chi connectivity index (χ1n) is 10.9. The van der Waals surface area contributed by atoms with Crippen LogP contribution in [0.25, 0.3) is 0 Å². The van der Waals surface area contributed by atoms with Crippen molar-refractivity contribution in [1.29, 1.82) is 5.26 Å². The summed E-state index contributed by atoms with van der Waals surface area (Å²) < 4.78 is 41.0. The standard InChI is InChI=1S/C25H20F2N4O5S/c1-13(25(33)34)37-15-4-6-19(16(10-15)23-29-7-8-31(23)2)35-22-17(26)12-30-24(21(22)27)36-20-9-14(11-28)3-5-18(20)32/h3-6,9-10,12-13,32H,7-8H2,1-2H3,(H,33,34). The van der Waals surface area contributed by atoms with Crippen LogP contribution in [-0.4, -0.2) is 57.3 Å². The molecule has 2 aromatic carbocycles. The Morgan fingerprint density at radius 3 is 2.68 bits per heavy atom. The smallest absolute Gasteiger partial charge is 0.316 e. The maximum atomic E-state index is 15.3. The topological polar surface area (TPSA) is 128 Å². The number of aliphatic carboxylic acids is 1. The van der Waals surface area contributed by atoms with Crippen LogP contribution in [0.1, 0.15) is 18.1 Å². The molecule has 0 fully saturated rings. The van der Waals surface area contributed by atoms with Gasteiger partial charge in [-0.25, -0.2) is 9.37 Å². The zero-order valence-electron chi connectivity index (χ0n) is 19.6. The number of amidine groups is 1. The average Bonchev–Trinajstić information content (AvgIpc) is 3.30. The van der Waals surface area contributed by atoms with Gasteiger partial charge in [0.05, 0.1) is 29.9 Å². The Bertz CT molecular complexity index is 1440. The zero-order valence-corrected chi connectivity index (χ0v) is 20.4. The van der Waals surface area contributed by atoms with Crippen LogP contribution < -0.4 is 9.47 Å². The summed E-state index contributed by atoms with van der Waals surface area (Å²) in [6, 6.07) is 10.3. The molecule has 2 heterocycles. The molecule has 0 bridgehead atoms. The number of hydrogen-bond donors (Lipinski definition) is 2. The van der Waals surface area contributed by atoms with Crippen molar-refractivity contribution in [2.45, 2.75) is 17.1 Å². The molecule has 0 saturated heterocycles. The first-order valence-corrected chi connectivity index (χ1v) is 11.8. The first kappa shape index (κ1) is 25.7. The Morgan fingerprint density at radius 1 is 1.22 bits per heavy atom. The van der Waals surface area contributed by atoms with Crippen LogP contribution in [0.5, 0.6) is 28.9 Å². The van der Waals surface area contributed by atoms with E-state index in [-0.39, 0.29) is 22.8 Å². The van der Waals surface area contributed by atoms with Crippen LogP contribution in [0.2, 0.25) is 0 Å². The minimum absolute atomic E-state index is 0.0732. The number of hydrogen-bond acceptors (Lipinski definition) is 9. The molecule has 3 aromatic rings. The molecule has 1 unspecified atom stereocenters. The summed E-state index contributed by atoms with van der Waals surface area (Å²) in [5.74, 6) is -4.88. The van der Waals surface area contributed by atoms with Gasteiger partial charge in [0.15, 0.2) is 17.3 Å². The van der Waals surface area contributed by atoms with E-state index in [0.29, 0.717) is 35.6 Å². The minimum atomic E-state index is -1.27. The third kappa shape index (κ3) is 5.57. The Labute approximate surface area is 214 Å². The SMILES string of the molecule is CC(Sc1ccc(Oc2c(F)cnc(Oc3cc(C#N)ccc3O)c2F)c(C2=NCCN2C)c1)C(=O)O. The second kappa shape index (κ2) is 10.7. The summed E-state index contributed by atoms with van der Waals surface area (Å²) in [4.78, 5) is 21.8. The number of nitriles is 1. The van der Waals surface area contributed by atoms with Crippen LogP contribution in [0.3, 0.4) is 0 Å².